The van der Waals surface area contributed by atoms with Gasteiger partial charge in [0, 0.05) is 26.4 Å². The predicted octanol–water partition coefficient (Wildman–Crippen LogP) is 5.03. The maximum Gasteiger partial charge on any atom is 0.281 e. The van der Waals surface area contributed by atoms with Crippen LogP contribution in [-0.4, -0.2) is 35.4 Å². The molecule has 194 valence electrons. The Kier molecular flexibility index (Phi) is 7.93. The molecule has 1 aromatic carbocycles. The number of benzene rings is 1. The molecule has 8 nitrogen and oxygen atoms in total. The van der Waals surface area contributed by atoms with Crippen LogP contribution in [0.5, 0.6) is 5.88 Å². The van der Waals surface area contributed by atoms with Gasteiger partial charge in [-0.15, -0.1) is 0 Å². The quantitative estimate of drug-likeness (QED) is 0.329. The average molecular weight is 521 g/mol. The van der Waals surface area contributed by atoms with E-state index in [0.29, 0.717) is 35.8 Å². The molecule has 37 heavy (non-hydrogen) atoms. The van der Waals surface area contributed by atoms with Crippen molar-refractivity contribution in [1.82, 2.24) is 19.7 Å². The van der Waals surface area contributed by atoms with Gasteiger partial charge in [0.25, 0.3) is 15.9 Å². The molecule has 0 saturated heterocycles. The molecule has 0 fully saturated rings. The maximum absolute atomic E-state index is 13.2. The van der Waals surface area contributed by atoms with E-state index in [1.807, 2.05) is 50.2 Å². The summed E-state index contributed by atoms with van der Waals surface area (Å²) in [7, 11) is -4.15. The fraction of sp³-hybridized carbons (Fsp3) is 0.214. The van der Waals surface area contributed by atoms with Gasteiger partial charge in [-0.1, -0.05) is 36.4 Å². The van der Waals surface area contributed by atoms with Gasteiger partial charge >= 0.3 is 0 Å². The number of amides is 1. The molecule has 0 unspecified atom stereocenters. The molecule has 0 aliphatic rings. The molecule has 0 spiro atoms. The number of aromatic nitrogens is 3. The van der Waals surface area contributed by atoms with Gasteiger partial charge in [0.1, 0.15) is 0 Å². The molecule has 3 heterocycles. The first-order valence-electron chi connectivity index (χ1n) is 11.9. The molecule has 4 rings (SSSR count). The van der Waals surface area contributed by atoms with E-state index in [2.05, 4.69) is 14.7 Å². The number of ether oxygens (including phenoxy) is 1. The summed E-state index contributed by atoms with van der Waals surface area (Å²) in [6, 6.07) is 21.3. The highest BCUT2D eigenvalue weighted by atomic mass is 32.2. The van der Waals surface area contributed by atoms with Crippen LogP contribution in [0.4, 0.5) is 0 Å². The van der Waals surface area contributed by atoms with Crippen molar-refractivity contribution >= 4 is 15.9 Å². The first-order valence-corrected chi connectivity index (χ1v) is 13.4. The number of hydrogen-bond acceptors (Lipinski definition) is 7. The van der Waals surface area contributed by atoms with Crippen molar-refractivity contribution in [1.29, 1.82) is 0 Å². The van der Waals surface area contributed by atoms with Crippen LogP contribution in [0.3, 0.4) is 0 Å². The first-order chi connectivity index (χ1) is 17.7. The molecule has 0 atom stereocenters. The van der Waals surface area contributed by atoms with E-state index in [9.17, 15) is 13.2 Å². The molecule has 1 N–H and O–H groups in total. The largest absolute Gasteiger partial charge is 0.475 e. The zero-order valence-corrected chi connectivity index (χ0v) is 21.7. The van der Waals surface area contributed by atoms with Crippen LogP contribution in [-0.2, 0) is 22.9 Å². The molecule has 0 aliphatic heterocycles. The van der Waals surface area contributed by atoms with Crippen LogP contribution in [0.2, 0.25) is 0 Å². The number of aryl methyl sites for hydroxylation is 3. The molecule has 0 radical (unpaired) electrons. The second kappa shape index (κ2) is 11.3. The molecule has 1 amide bonds. The zero-order valence-electron chi connectivity index (χ0n) is 20.9. The van der Waals surface area contributed by atoms with Crippen molar-refractivity contribution in [2.45, 2.75) is 44.7 Å². The van der Waals surface area contributed by atoms with E-state index < -0.39 is 15.9 Å². The Hall–Kier alpha value is -4.11. The van der Waals surface area contributed by atoms with Crippen molar-refractivity contribution in [2.24, 2.45) is 0 Å². The van der Waals surface area contributed by atoms with Crippen LogP contribution < -0.4 is 9.46 Å². The van der Waals surface area contributed by atoms with Crippen molar-refractivity contribution in [3.8, 4) is 17.1 Å². The Morgan fingerprint density at radius 1 is 0.946 bits per heavy atom. The summed E-state index contributed by atoms with van der Waals surface area (Å²) in [5.74, 6) is -0.252. The Labute approximate surface area is 219 Å². The van der Waals surface area contributed by atoms with Crippen molar-refractivity contribution in [3.63, 3.8) is 0 Å². The number of sulfonamides is 1. The molecule has 9 heteroatoms. The second-order valence-corrected chi connectivity index (χ2v) is 10.4. The molecule has 3 aromatic heterocycles. The highest BCUT2D eigenvalue weighted by molar-refractivity contribution is 7.90. The summed E-state index contributed by atoms with van der Waals surface area (Å²) in [4.78, 5) is 26.3. The molecule has 4 aromatic rings. The number of pyridine rings is 3. The Morgan fingerprint density at radius 3 is 2.41 bits per heavy atom. The fourth-order valence-electron chi connectivity index (χ4n) is 3.71. The monoisotopic (exact) mass is 520 g/mol. The lowest BCUT2D eigenvalue weighted by Crippen LogP contribution is -2.32. The van der Waals surface area contributed by atoms with Crippen LogP contribution >= 0.6 is 0 Å². The summed E-state index contributed by atoms with van der Waals surface area (Å²) in [5.41, 5.74) is 3.64. The Morgan fingerprint density at radius 2 is 1.73 bits per heavy atom. The van der Waals surface area contributed by atoms with Gasteiger partial charge in [0.15, 0.2) is 5.03 Å². The van der Waals surface area contributed by atoms with E-state index in [1.54, 1.807) is 43.5 Å². The number of rotatable bonds is 9. The van der Waals surface area contributed by atoms with Crippen molar-refractivity contribution in [3.05, 3.63) is 102 Å². The van der Waals surface area contributed by atoms with E-state index in [4.69, 9.17) is 9.72 Å². The zero-order chi connectivity index (χ0) is 26.4. The summed E-state index contributed by atoms with van der Waals surface area (Å²) >= 11 is 0. The summed E-state index contributed by atoms with van der Waals surface area (Å²) in [6.07, 6.45) is 2.73. The standard InChI is InChI=1S/C28H28N4O4S.2H2/c1-19(2)36-26-17-13-22(18-29-26)24-16-14-23(25(31-24)15-12-21-9-5-4-6-10-21)28(33)32-37(34,35)27-11-7-8-20(3)30-27;;/h4-11,13-14,16-19H,12,15H2,1-3H3,(H,32,33);2*1H. The molecule has 0 bridgehead atoms. The van der Waals surface area contributed by atoms with E-state index >= 15 is 0 Å². The minimum Gasteiger partial charge on any atom is -0.475 e. The van der Waals surface area contributed by atoms with Gasteiger partial charge in [0.2, 0.25) is 5.88 Å². The van der Waals surface area contributed by atoms with Crippen LogP contribution in [0.15, 0.2) is 84.0 Å². The third-order valence-electron chi connectivity index (χ3n) is 5.47. The third kappa shape index (κ3) is 6.77. The van der Waals surface area contributed by atoms with Crippen LogP contribution in [0.25, 0.3) is 11.3 Å². The average Bonchev–Trinajstić information content (AvgIpc) is 2.88. The van der Waals surface area contributed by atoms with Gasteiger partial charge in [-0.2, -0.15) is 8.42 Å². The lowest BCUT2D eigenvalue weighted by Gasteiger charge is -2.13. The lowest BCUT2D eigenvalue weighted by atomic mass is 10.0. The smallest absolute Gasteiger partial charge is 0.281 e. The SMILES string of the molecule is Cc1cccc(S(=O)(=O)NC(=O)c2ccc(-c3ccc(OC(C)C)nc3)nc2CCc2ccccc2)n1.[HH].[HH]. The summed E-state index contributed by atoms with van der Waals surface area (Å²) in [6.45, 7) is 5.53. The highest BCUT2D eigenvalue weighted by Gasteiger charge is 2.23. The molecular weight excluding hydrogens is 488 g/mol. The maximum atomic E-state index is 13.2. The number of hydrogen-bond donors (Lipinski definition) is 1. The lowest BCUT2D eigenvalue weighted by molar-refractivity contribution is 0.0980. The Balaban J connectivity index is 0.00000267. The van der Waals surface area contributed by atoms with Gasteiger partial charge in [0.05, 0.1) is 23.1 Å². The number of nitrogens with one attached hydrogen (secondary N) is 1. The molecular formula is C28H32N4O4S. The second-order valence-electron chi connectivity index (χ2n) is 8.78. The van der Waals surface area contributed by atoms with Crippen molar-refractivity contribution < 1.29 is 20.8 Å². The van der Waals surface area contributed by atoms with Gasteiger partial charge in [-0.05, 0) is 69.5 Å². The third-order valence-corrected chi connectivity index (χ3v) is 6.70. The first kappa shape index (κ1) is 26.0. The summed E-state index contributed by atoms with van der Waals surface area (Å²) < 4.78 is 33.4. The van der Waals surface area contributed by atoms with Gasteiger partial charge in [-0.3, -0.25) is 9.78 Å². The summed E-state index contributed by atoms with van der Waals surface area (Å²) in [5, 5.41) is -0.217. The van der Waals surface area contributed by atoms with Gasteiger partial charge < -0.3 is 4.74 Å². The topological polar surface area (TPSA) is 111 Å². The number of nitrogens with zero attached hydrogens (tertiary/aromatic N) is 3. The van der Waals surface area contributed by atoms with Crippen LogP contribution in [0, 0.1) is 6.92 Å². The fourth-order valence-corrected chi connectivity index (χ4v) is 4.69. The van der Waals surface area contributed by atoms with E-state index in [1.165, 1.54) is 6.07 Å². The van der Waals surface area contributed by atoms with Gasteiger partial charge in [-0.25, -0.2) is 14.7 Å². The predicted molar refractivity (Wildman–Crippen MR) is 145 cm³/mol. The number of carbonyl (C=O) groups is 1. The van der Waals surface area contributed by atoms with Crippen LogP contribution in [0.1, 0.15) is 44.0 Å². The van der Waals surface area contributed by atoms with E-state index in [0.717, 1.165) is 11.1 Å². The normalized spacial score (nSPS) is 11.4. The highest BCUT2D eigenvalue weighted by Crippen LogP contribution is 2.22. The minimum atomic E-state index is -4.15. The van der Waals surface area contributed by atoms with E-state index in [-0.39, 0.29) is 19.5 Å². The molecule has 0 saturated carbocycles. The number of carbonyl (C=O) groups excluding carboxylic acids is 1. The molecule has 0 aliphatic carbocycles. The van der Waals surface area contributed by atoms with Crippen molar-refractivity contribution in [2.75, 3.05) is 0 Å². The Bertz CT molecular complexity index is 1500. The minimum absolute atomic E-state index is 0.